The van der Waals surface area contributed by atoms with Crippen molar-refractivity contribution in [3.8, 4) is 0 Å². The van der Waals surface area contributed by atoms with Gasteiger partial charge in [-0.1, -0.05) is 82.6 Å². The van der Waals surface area contributed by atoms with Crippen LogP contribution in [0.15, 0.2) is 24.3 Å². The number of carbonyl (C=O) groups is 1. The van der Waals surface area contributed by atoms with Crippen LogP contribution in [0.4, 0.5) is 0 Å². The highest BCUT2D eigenvalue weighted by molar-refractivity contribution is 5.73. The third-order valence-corrected chi connectivity index (χ3v) is 4.59. The molecule has 24 heavy (non-hydrogen) atoms. The molecule has 0 saturated heterocycles. The van der Waals surface area contributed by atoms with E-state index in [9.17, 15) is 4.79 Å². The highest BCUT2D eigenvalue weighted by Gasteiger charge is 2.25. The van der Waals surface area contributed by atoms with Crippen molar-refractivity contribution in [2.24, 2.45) is 5.41 Å². The second-order valence-corrected chi connectivity index (χ2v) is 7.52. The molecule has 0 aromatic carbocycles. The molecule has 0 aromatic rings. The van der Waals surface area contributed by atoms with E-state index in [1.807, 2.05) is 0 Å². The van der Waals surface area contributed by atoms with Crippen molar-refractivity contribution in [3.05, 3.63) is 24.3 Å². The lowest BCUT2D eigenvalue weighted by atomic mass is 9.88. The van der Waals surface area contributed by atoms with Gasteiger partial charge in [-0.3, -0.25) is 4.79 Å². The van der Waals surface area contributed by atoms with Crippen LogP contribution in [0.5, 0.6) is 0 Å². The van der Waals surface area contributed by atoms with Crippen LogP contribution >= 0.6 is 0 Å². The summed E-state index contributed by atoms with van der Waals surface area (Å²) >= 11 is 0. The number of unbranched alkanes of at least 4 members (excludes halogenated alkanes) is 9. The Kier molecular flexibility index (Phi) is 14.8. The minimum atomic E-state index is -0.711. The Hall–Kier alpha value is -1.05. The standard InChI is InChI=1S/C22H40O2/c1-4-5-6-7-8-9-10-11-12-13-14-15-16-17-18-19-20-22(2,3)21(23)24/h14-15,17-18H,4-13,16,19-20H2,1-3H3,(H,23,24)/b15-14+,18-17+. The molecule has 2 nitrogen and oxygen atoms in total. The van der Waals surface area contributed by atoms with Crippen LogP contribution in [0.1, 0.15) is 104 Å². The number of hydrogen-bond donors (Lipinski definition) is 1. The zero-order valence-electron chi connectivity index (χ0n) is 16.4. The number of carboxylic acids is 1. The summed E-state index contributed by atoms with van der Waals surface area (Å²) in [6, 6.07) is 0. The largest absolute Gasteiger partial charge is 0.481 e. The number of hydrogen-bond acceptors (Lipinski definition) is 1. The molecule has 2 heteroatoms. The first-order valence-corrected chi connectivity index (χ1v) is 10.0. The van der Waals surface area contributed by atoms with Crippen molar-refractivity contribution in [3.63, 3.8) is 0 Å². The summed E-state index contributed by atoms with van der Waals surface area (Å²) in [6.45, 7) is 5.84. The zero-order valence-corrected chi connectivity index (χ0v) is 16.4. The van der Waals surface area contributed by atoms with Gasteiger partial charge in [-0.25, -0.2) is 0 Å². The fraction of sp³-hybridized carbons (Fsp3) is 0.773. The molecule has 0 radical (unpaired) electrons. The van der Waals surface area contributed by atoms with E-state index in [0.717, 1.165) is 12.8 Å². The van der Waals surface area contributed by atoms with Crippen LogP contribution in [0.3, 0.4) is 0 Å². The van der Waals surface area contributed by atoms with E-state index in [2.05, 4.69) is 31.2 Å². The predicted octanol–water partition coefficient (Wildman–Crippen LogP) is 7.30. The van der Waals surface area contributed by atoms with E-state index in [1.54, 1.807) is 13.8 Å². The molecule has 0 unspecified atom stereocenters. The van der Waals surface area contributed by atoms with E-state index in [4.69, 9.17) is 5.11 Å². The van der Waals surface area contributed by atoms with Gasteiger partial charge >= 0.3 is 5.97 Å². The molecule has 0 aliphatic carbocycles. The summed E-state index contributed by atoms with van der Waals surface area (Å²) in [5, 5.41) is 9.03. The topological polar surface area (TPSA) is 37.3 Å². The van der Waals surface area contributed by atoms with Crippen LogP contribution in [0, 0.1) is 5.41 Å². The van der Waals surface area contributed by atoms with Gasteiger partial charge in [-0.15, -0.1) is 0 Å². The van der Waals surface area contributed by atoms with Crippen LogP contribution < -0.4 is 0 Å². The molecule has 0 bridgehead atoms. The van der Waals surface area contributed by atoms with Crippen molar-refractivity contribution in [2.75, 3.05) is 0 Å². The number of aliphatic carboxylic acids is 1. The van der Waals surface area contributed by atoms with Gasteiger partial charge in [0.1, 0.15) is 0 Å². The smallest absolute Gasteiger partial charge is 0.309 e. The predicted molar refractivity (Wildman–Crippen MR) is 105 cm³/mol. The number of rotatable bonds is 16. The van der Waals surface area contributed by atoms with Crippen molar-refractivity contribution in [1.29, 1.82) is 0 Å². The second kappa shape index (κ2) is 15.5. The summed E-state index contributed by atoms with van der Waals surface area (Å²) in [5.41, 5.74) is -0.615. The summed E-state index contributed by atoms with van der Waals surface area (Å²) in [5.74, 6) is -0.711. The van der Waals surface area contributed by atoms with Gasteiger partial charge in [0.2, 0.25) is 0 Å². The van der Waals surface area contributed by atoms with Gasteiger partial charge < -0.3 is 5.11 Å². The molecule has 0 aromatic heterocycles. The number of allylic oxidation sites excluding steroid dienone is 4. The lowest BCUT2D eigenvalue weighted by Gasteiger charge is -2.17. The highest BCUT2D eigenvalue weighted by atomic mass is 16.4. The molecule has 0 atom stereocenters. The maximum atomic E-state index is 11.0. The summed E-state index contributed by atoms with van der Waals surface area (Å²) in [7, 11) is 0. The molecule has 0 aliphatic rings. The maximum Gasteiger partial charge on any atom is 0.309 e. The molecule has 1 N–H and O–H groups in total. The summed E-state index contributed by atoms with van der Waals surface area (Å²) in [4.78, 5) is 11.0. The van der Waals surface area contributed by atoms with Gasteiger partial charge in [0, 0.05) is 0 Å². The van der Waals surface area contributed by atoms with Crippen LogP contribution in [-0.4, -0.2) is 11.1 Å². The molecule has 0 fully saturated rings. The number of carboxylic acid groups (broad SMARTS) is 1. The lowest BCUT2D eigenvalue weighted by molar-refractivity contribution is -0.147. The highest BCUT2D eigenvalue weighted by Crippen LogP contribution is 2.22. The molecule has 0 heterocycles. The van der Waals surface area contributed by atoms with Crippen molar-refractivity contribution >= 4 is 5.97 Å². The molecule has 140 valence electrons. The fourth-order valence-electron chi connectivity index (χ4n) is 2.63. The Balaban J connectivity index is 3.38. The first kappa shape index (κ1) is 22.9. The SMILES string of the molecule is CCCCCCCCCCC/C=C/C/C=C/CCC(C)(C)C(=O)O. The first-order chi connectivity index (χ1) is 11.5. The molecular weight excluding hydrogens is 296 g/mol. The van der Waals surface area contributed by atoms with Crippen LogP contribution in [0.2, 0.25) is 0 Å². The Morgan fingerprint density at radius 2 is 1.29 bits per heavy atom. The molecule has 0 spiro atoms. The quantitative estimate of drug-likeness (QED) is 0.237. The fourth-order valence-corrected chi connectivity index (χ4v) is 2.63. The van der Waals surface area contributed by atoms with Gasteiger partial charge in [0.05, 0.1) is 5.41 Å². The van der Waals surface area contributed by atoms with E-state index in [-0.39, 0.29) is 0 Å². The monoisotopic (exact) mass is 336 g/mol. The molecule has 0 amide bonds. The lowest BCUT2D eigenvalue weighted by Crippen LogP contribution is -2.22. The Morgan fingerprint density at radius 3 is 1.83 bits per heavy atom. The third-order valence-electron chi connectivity index (χ3n) is 4.59. The summed E-state index contributed by atoms with van der Waals surface area (Å²) < 4.78 is 0. The Labute approximate surface area is 150 Å². The zero-order chi connectivity index (χ0) is 18.1. The second-order valence-electron chi connectivity index (χ2n) is 7.52. The minimum Gasteiger partial charge on any atom is -0.481 e. The Morgan fingerprint density at radius 1 is 0.792 bits per heavy atom. The molecule has 0 rings (SSSR count). The maximum absolute atomic E-state index is 11.0. The average molecular weight is 337 g/mol. The molecular formula is C22H40O2. The van der Waals surface area contributed by atoms with Crippen LogP contribution in [-0.2, 0) is 4.79 Å². The van der Waals surface area contributed by atoms with E-state index in [0.29, 0.717) is 6.42 Å². The normalized spacial score (nSPS) is 12.5. The summed E-state index contributed by atoms with van der Waals surface area (Å²) in [6.07, 6.45) is 24.9. The van der Waals surface area contributed by atoms with Crippen molar-refractivity contribution in [2.45, 2.75) is 104 Å². The van der Waals surface area contributed by atoms with Gasteiger partial charge in [-0.05, 0) is 46.0 Å². The van der Waals surface area contributed by atoms with E-state index >= 15 is 0 Å². The first-order valence-electron chi connectivity index (χ1n) is 10.0. The minimum absolute atomic E-state index is 0.615. The third kappa shape index (κ3) is 14.5. The van der Waals surface area contributed by atoms with Crippen molar-refractivity contribution in [1.82, 2.24) is 0 Å². The molecule has 0 saturated carbocycles. The van der Waals surface area contributed by atoms with Gasteiger partial charge in [0.25, 0.3) is 0 Å². The van der Waals surface area contributed by atoms with E-state index < -0.39 is 11.4 Å². The van der Waals surface area contributed by atoms with Gasteiger partial charge in [0.15, 0.2) is 0 Å². The van der Waals surface area contributed by atoms with Crippen LogP contribution in [0.25, 0.3) is 0 Å². The Bertz CT molecular complexity index is 353. The van der Waals surface area contributed by atoms with Crippen molar-refractivity contribution < 1.29 is 9.90 Å². The van der Waals surface area contributed by atoms with E-state index in [1.165, 1.54) is 64.2 Å². The van der Waals surface area contributed by atoms with Gasteiger partial charge in [-0.2, -0.15) is 0 Å². The average Bonchev–Trinajstić information content (AvgIpc) is 2.54. The molecule has 0 aliphatic heterocycles.